The van der Waals surface area contributed by atoms with Crippen LogP contribution < -0.4 is 10.6 Å². The number of nitro groups is 1. The molecule has 0 aliphatic heterocycles. The summed E-state index contributed by atoms with van der Waals surface area (Å²) in [6, 6.07) is 2.96. The van der Waals surface area contributed by atoms with E-state index in [4.69, 9.17) is 16.7 Å². The van der Waals surface area contributed by atoms with Crippen LogP contribution in [0.5, 0.6) is 0 Å². The maximum atomic E-state index is 11.7. The van der Waals surface area contributed by atoms with Crippen molar-refractivity contribution in [1.29, 1.82) is 0 Å². The number of anilines is 1. The SMILES string of the molecule is CC(CCC(=O)O)NC(=O)Nc1ccc(Cl)c([N+](=O)[O-])c1. The van der Waals surface area contributed by atoms with Crippen LogP contribution in [0.4, 0.5) is 16.2 Å². The average Bonchev–Trinajstić information content (AvgIpc) is 2.38. The molecule has 0 saturated heterocycles. The number of benzene rings is 1. The standard InChI is InChI=1S/C12H14ClN3O5/c1-7(2-5-11(17)18)14-12(19)15-8-3-4-9(13)10(6-8)16(20)21/h3-4,6-7H,2,5H2,1H3,(H,17,18)(H2,14,15,19). The number of rotatable bonds is 6. The van der Waals surface area contributed by atoms with E-state index in [0.717, 1.165) is 6.07 Å². The van der Waals surface area contributed by atoms with E-state index in [2.05, 4.69) is 10.6 Å². The molecule has 3 N–H and O–H groups in total. The van der Waals surface area contributed by atoms with Crippen molar-refractivity contribution in [1.82, 2.24) is 5.32 Å². The van der Waals surface area contributed by atoms with Gasteiger partial charge >= 0.3 is 12.0 Å². The van der Waals surface area contributed by atoms with Crippen molar-refractivity contribution in [2.24, 2.45) is 0 Å². The molecule has 1 rings (SSSR count). The molecule has 0 aliphatic carbocycles. The Morgan fingerprint density at radius 1 is 1.48 bits per heavy atom. The average molecular weight is 316 g/mol. The van der Waals surface area contributed by atoms with Gasteiger partial charge in [0.1, 0.15) is 5.02 Å². The van der Waals surface area contributed by atoms with E-state index < -0.39 is 16.9 Å². The van der Waals surface area contributed by atoms with Crippen LogP contribution in [-0.2, 0) is 4.79 Å². The van der Waals surface area contributed by atoms with Crippen molar-refractivity contribution < 1.29 is 19.6 Å². The molecule has 0 heterocycles. The molecule has 0 spiro atoms. The van der Waals surface area contributed by atoms with E-state index in [9.17, 15) is 19.7 Å². The molecule has 0 fully saturated rings. The summed E-state index contributed by atoms with van der Waals surface area (Å²) in [5.41, 5.74) is -0.0950. The van der Waals surface area contributed by atoms with Gasteiger partial charge in [-0.25, -0.2) is 4.79 Å². The second-order valence-corrected chi connectivity index (χ2v) is 4.76. The van der Waals surface area contributed by atoms with Gasteiger partial charge in [0, 0.05) is 24.2 Å². The van der Waals surface area contributed by atoms with Gasteiger partial charge in [-0.1, -0.05) is 11.6 Å². The number of nitrogens with zero attached hydrogens (tertiary/aromatic N) is 1. The van der Waals surface area contributed by atoms with Crippen LogP contribution in [0.1, 0.15) is 19.8 Å². The number of carbonyl (C=O) groups excluding carboxylic acids is 1. The molecular weight excluding hydrogens is 302 g/mol. The zero-order valence-corrected chi connectivity index (χ0v) is 11.9. The van der Waals surface area contributed by atoms with Gasteiger partial charge in [0.25, 0.3) is 5.69 Å². The van der Waals surface area contributed by atoms with Crippen LogP contribution in [0.25, 0.3) is 0 Å². The van der Waals surface area contributed by atoms with Crippen molar-refractivity contribution in [3.8, 4) is 0 Å². The predicted octanol–water partition coefficient (Wildman–Crippen LogP) is 2.62. The van der Waals surface area contributed by atoms with Crippen molar-refractivity contribution in [3.05, 3.63) is 33.3 Å². The number of carbonyl (C=O) groups is 2. The Bertz CT molecular complexity index is 564. The molecule has 9 heteroatoms. The maximum absolute atomic E-state index is 11.7. The number of urea groups is 1. The minimum absolute atomic E-state index is 0.0271. The van der Waals surface area contributed by atoms with Crippen molar-refractivity contribution in [3.63, 3.8) is 0 Å². The zero-order valence-electron chi connectivity index (χ0n) is 11.1. The first-order chi connectivity index (χ1) is 9.79. The van der Waals surface area contributed by atoms with Crippen LogP contribution in [0.15, 0.2) is 18.2 Å². The second-order valence-electron chi connectivity index (χ2n) is 4.36. The van der Waals surface area contributed by atoms with Gasteiger partial charge in [-0.15, -0.1) is 0 Å². The fourth-order valence-corrected chi connectivity index (χ4v) is 1.72. The maximum Gasteiger partial charge on any atom is 0.319 e. The van der Waals surface area contributed by atoms with E-state index in [1.807, 2.05) is 0 Å². The number of hydrogen-bond donors (Lipinski definition) is 3. The Kier molecular flexibility index (Phi) is 5.92. The molecule has 114 valence electrons. The first-order valence-corrected chi connectivity index (χ1v) is 6.40. The monoisotopic (exact) mass is 315 g/mol. The number of carboxylic acid groups (broad SMARTS) is 1. The van der Waals surface area contributed by atoms with Gasteiger partial charge in [-0.05, 0) is 25.5 Å². The molecule has 2 amide bonds. The summed E-state index contributed by atoms with van der Waals surface area (Å²) in [6.45, 7) is 1.66. The lowest BCUT2D eigenvalue weighted by atomic mass is 10.2. The first kappa shape index (κ1) is 16.7. The highest BCUT2D eigenvalue weighted by Crippen LogP contribution is 2.27. The van der Waals surface area contributed by atoms with Gasteiger partial charge in [-0.2, -0.15) is 0 Å². The van der Waals surface area contributed by atoms with Gasteiger partial charge < -0.3 is 15.7 Å². The Morgan fingerprint density at radius 2 is 2.14 bits per heavy atom. The molecule has 0 bridgehead atoms. The van der Waals surface area contributed by atoms with Crippen molar-refractivity contribution in [2.45, 2.75) is 25.8 Å². The van der Waals surface area contributed by atoms with E-state index in [1.54, 1.807) is 6.92 Å². The van der Waals surface area contributed by atoms with E-state index in [0.29, 0.717) is 0 Å². The Labute approximate surface area is 125 Å². The fourth-order valence-electron chi connectivity index (χ4n) is 1.53. The highest BCUT2D eigenvalue weighted by Gasteiger charge is 2.14. The molecule has 0 saturated carbocycles. The first-order valence-electron chi connectivity index (χ1n) is 6.03. The number of nitro benzene ring substituents is 1. The lowest BCUT2D eigenvalue weighted by molar-refractivity contribution is -0.384. The largest absolute Gasteiger partial charge is 0.481 e. The van der Waals surface area contributed by atoms with Crippen LogP contribution in [0, 0.1) is 10.1 Å². The number of halogens is 1. The number of hydrogen-bond acceptors (Lipinski definition) is 4. The van der Waals surface area contributed by atoms with Crippen LogP contribution in [0.2, 0.25) is 5.02 Å². The van der Waals surface area contributed by atoms with Crippen molar-refractivity contribution >= 4 is 35.0 Å². The summed E-state index contributed by atoms with van der Waals surface area (Å²) in [7, 11) is 0. The normalized spacial score (nSPS) is 11.5. The van der Waals surface area contributed by atoms with E-state index in [1.165, 1.54) is 12.1 Å². The summed E-state index contributed by atoms with van der Waals surface area (Å²) >= 11 is 5.66. The number of amides is 2. The molecule has 1 aromatic carbocycles. The molecule has 0 aromatic heterocycles. The van der Waals surface area contributed by atoms with Crippen LogP contribution in [-0.4, -0.2) is 28.1 Å². The number of carboxylic acids is 1. The quantitative estimate of drug-likeness (QED) is 0.550. The third-order valence-corrected chi connectivity index (χ3v) is 2.89. The highest BCUT2D eigenvalue weighted by molar-refractivity contribution is 6.32. The molecular formula is C12H14ClN3O5. The molecule has 21 heavy (non-hydrogen) atoms. The molecule has 0 radical (unpaired) electrons. The summed E-state index contributed by atoms with van der Waals surface area (Å²) in [6.07, 6.45) is 0.220. The van der Waals surface area contributed by atoms with Gasteiger partial charge in [-0.3, -0.25) is 14.9 Å². The molecule has 0 aliphatic rings. The number of nitrogens with one attached hydrogen (secondary N) is 2. The minimum atomic E-state index is -0.947. The Morgan fingerprint density at radius 3 is 2.71 bits per heavy atom. The molecule has 1 atom stereocenters. The van der Waals surface area contributed by atoms with Gasteiger partial charge in [0.05, 0.1) is 4.92 Å². The van der Waals surface area contributed by atoms with Gasteiger partial charge in [0.15, 0.2) is 0 Å². The fraction of sp³-hybridized carbons (Fsp3) is 0.333. The third-order valence-electron chi connectivity index (χ3n) is 2.57. The van der Waals surface area contributed by atoms with Gasteiger partial charge in [0.2, 0.25) is 0 Å². The smallest absolute Gasteiger partial charge is 0.319 e. The minimum Gasteiger partial charge on any atom is -0.481 e. The van der Waals surface area contributed by atoms with E-state index in [-0.39, 0.29) is 35.3 Å². The zero-order chi connectivity index (χ0) is 16.0. The molecule has 8 nitrogen and oxygen atoms in total. The van der Waals surface area contributed by atoms with Crippen LogP contribution in [0.3, 0.4) is 0 Å². The highest BCUT2D eigenvalue weighted by atomic mass is 35.5. The van der Waals surface area contributed by atoms with Crippen LogP contribution >= 0.6 is 11.6 Å². The predicted molar refractivity (Wildman–Crippen MR) is 76.6 cm³/mol. The lowest BCUT2D eigenvalue weighted by Gasteiger charge is -2.13. The summed E-state index contributed by atoms with van der Waals surface area (Å²) in [5, 5.41) is 24.2. The Hall–Kier alpha value is -2.35. The Balaban J connectivity index is 2.61. The second kappa shape index (κ2) is 7.44. The molecule has 1 unspecified atom stereocenters. The summed E-state index contributed by atoms with van der Waals surface area (Å²) in [5.74, 6) is -0.947. The molecule has 1 aromatic rings. The van der Waals surface area contributed by atoms with E-state index >= 15 is 0 Å². The van der Waals surface area contributed by atoms with Crippen molar-refractivity contribution in [2.75, 3.05) is 5.32 Å². The lowest BCUT2D eigenvalue weighted by Crippen LogP contribution is -2.36. The summed E-state index contributed by atoms with van der Waals surface area (Å²) < 4.78 is 0. The number of aliphatic carboxylic acids is 1. The third kappa shape index (κ3) is 5.65. The summed E-state index contributed by atoms with van der Waals surface area (Å²) in [4.78, 5) is 32.1. The topological polar surface area (TPSA) is 122 Å².